The summed E-state index contributed by atoms with van der Waals surface area (Å²) in [6.45, 7) is 2.33. The highest BCUT2D eigenvalue weighted by Gasteiger charge is 2.33. The molecule has 1 amide bonds. The van der Waals surface area contributed by atoms with Crippen LogP contribution in [0.2, 0.25) is 0 Å². The van der Waals surface area contributed by atoms with Gasteiger partial charge in [0.15, 0.2) is 0 Å². The summed E-state index contributed by atoms with van der Waals surface area (Å²) in [5.41, 5.74) is 0.0270. The van der Waals surface area contributed by atoms with Gasteiger partial charge in [-0.05, 0) is 32.1 Å². The smallest absolute Gasteiger partial charge is 0.407 e. The van der Waals surface area contributed by atoms with E-state index in [1.54, 1.807) is 0 Å². The van der Waals surface area contributed by atoms with Crippen LogP contribution in [0.4, 0.5) is 4.79 Å². The van der Waals surface area contributed by atoms with E-state index in [1.807, 2.05) is 6.92 Å². The van der Waals surface area contributed by atoms with Crippen LogP contribution in [-0.2, 0) is 4.74 Å². The Labute approximate surface area is 130 Å². The predicted molar refractivity (Wildman–Crippen MR) is 86.4 cm³/mol. The Bertz CT molecular complexity index is 304. The largest absolute Gasteiger partial charge is 0.450 e. The third-order valence-electron chi connectivity index (χ3n) is 5.45. The summed E-state index contributed by atoms with van der Waals surface area (Å²) >= 11 is 0. The molecule has 122 valence electrons. The summed E-state index contributed by atoms with van der Waals surface area (Å²) in [6, 6.07) is 0. The van der Waals surface area contributed by atoms with Crippen molar-refractivity contribution >= 4 is 6.09 Å². The van der Waals surface area contributed by atoms with Gasteiger partial charge < -0.3 is 10.1 Å². The molecule has 2 aliphatic carbocycles. The van der Waals surface area contributed by atoms with E-state index in [2.05, 4.69) is 5.32 Å². The lowest BCUT2D eigenvalue weighted by molar-refractivity contribution is 0.123. The molecule has 3 nitrogen and oxygen atoms in total. The van der Waals surface area contributed by atoms with Crippen LogP contribution in [0, 0.1) is 5.92 Å². The van der Waals surface area contributed by atoms with Crippen LogP contribution in [0.25, 0.3) is 0 Å². The second-order valence-electron chi connectivity index (χ2n) is 7.08. The SMILES string of the molecule is CCOC(=O)NC1(CCCC2CCCCC2)CCCCC1. The van der Waals surface area contributed by atoms with Crippen LogP contribution in [0.3, 0.4) is 0 Å². The first kappa shape index (κ1) is 16.6. The lowest BCUT2D eigenvalue weighted by Gasteiger charge is -2.38. The van der Waals surface area contributed by atoms with E-state index in [-0.39, 0.29) is 11.6 Å². The van der Waals surface area contributed by atoms with Gasteiger partial charge in [0.25, 0.3) is 0 Å². The van der Waals surface area contributed by atoms with Crippen molar-refractivity contribution in [3.8, 4) is 0 Å². The van der Waals surface area contributed by atoms with E-state index in [9.17, 15) is 4.79 Å². The fraction of sp³-hybridized carbons (Fsp3) is 0.944. The Kier molecular flexibility index (Phi) is 6.85. The minimum Gasteiger partial charge on any atom is -0.450 e. The minimum atomic E-state index is -0.211. The summed E-state index contributed by atoms with van der Waals surface area (Å²) in [4.78, 5) is 11.8. The normalized spacial score (nSPS) is 22.7. The lowest BCUT2D eigenvalue weighted by atomic mass is 9.77. The van der Waals surface area contributed by atoms with Gasteiger partial charge in [-0.2, -0.15) is 0 Å². The summed E-state index contributed by atoms with van der Waals surface area (Å²) < 4.78 is 5.12. The van der Waals surface area contributed by atoms with E-state index in [1.165, 1.54) is 64.2 Å². The van der Waals surface area contributed by atoms with Gasteiger partial charge in [-0.25, -0.2) is 4.79 Å². The first-order chi connectivity index (χ1) is 10.2. The van der Waals surface area contributed by atoms with E-state index in [0.29, 0.717) is 6.61 Å². The lowest BCUT2D eigenvalue weighted by Crippen LogP contribution is -2.50. The van der Waals surface area contributed by atoms with Crippen LogP contribution in [-0.4, -0.2) is 18.2 Å². The minimum absolute atomic E-state index is 0.0270. The Balaban J connectivity index is 1.79. The van der Waals surface area contributed by atoms with Gasteiger partial charge in [0, 0.05) is 5.54 Å². The molecule has 2 aliphatic rings. The number of rotatable bonds is 6. The van der Waals surface area contributed by atoms with Crippen molar-refractivity contribution in [2.45, 2.75) is 95.9 Å². The zero-order chi connectivity index (χ0) is 15.0. The molecular weight excluding hydrogens is 262 g/mol. The zero-order valence-corrected chi connectivity index (χ0v) is 13.8. The van der Waals surface area contributed by atoms with Gasteiger partial charge in [0.2, 0.25) is 0 Å². The molecule has 0 saturated heterocycles. The maximum Gasteiger partial charge on any atom is 0.407 e. The van der Waals surface area contributed by atoms with Crippen molar-refractivity contribution in [1.82, 2.24) is 5.32 Å². The third kappa shape index (κ3) is 5.52. The van der Waals surface area contributed by atoms with Gasteiger partial charge in [-0.15, -0.1) is 0 Å². The molecule has 0 radical (unpaired) electrons. The summed E-state index contributed by atoms with van der Waals surface area (Å²) in [5.74, 6) is 0.946. The standard InChI is InChI=1S/C18H33NO2/c1-2-21-17(20)19-18(13-7-4-8-14-18)15-9-12-16-10-5-3-6-11-16/h16H,2-15H2,1H3,(H,19,20). The molecule has 0 unspecified atom stereocenters. The fourth-order valence-electron chi connectivity index (χ4n) is 4.25. The first-order valence-electron chi connectivity index (χ1n) is 9.19. The van der Waals surface area contributed by atoms with Crippen molar-refractivity contribution in [2.75, 3.05) is 6.61 Å². The molecule has 2 rings (SSSR count). The molecule has 0 spiro atoms. The highest BCUT2D eigenvalue weighted by molar-refractivity contribution is 5.68. The highest BCUT2D eigenvalue weighted by atomic mass is 16.5. The van der Waals surface area contributed by atoms with E-state index in [0.717, 1.165) is 25.2 Å². The van der Waals surface area contributed by atoms with Gasteiger partial charge >= 0.3 is 6.09 Å². The molecule has 2 fully saturated rings. The Morgan fingerprint density at radius 3 is 2.43 bits per heavy atom. The molecule has 0 atom stereocenters. The summed E-state index contributed by atoms with van der Waals surface area (Å²) in [5, 5.41) is 3.21. The summed E-state index contributed by atoms with van der Waals surface area (Å²) in [7, 11) is 0. The highest BCUT2D eigenvalue weighted by Crippen LogP contribution is 2.35. The average Bonchev–Trinajstić information content (AvgIpc) is 2.49. The molecule has 0 aromatic heterocycles. The van der Waals surface area contributed by atoms with E-state index in [4.69, 9.17) is 4.74 Å². The Hall–Kier alpha value is -0.730. The number of hydrogen-bond donors (Lipinski definition) is 1. The molecular formula is C18H33NO2. The van der Waals surface area contributed by atoms with Crippen LogP contribution in [0.15, 0.2) is 0 Å². The monoisotopic (exact) mass is 295 g/mol. The van der Waals surface area contributed by atoms with Crippen molar-refractivity contribution in [3.63, 3.8) is 0 Å². The first-order valence-corrected chi connectivity index (χ1v) is 9.19. The molecule has 0 aromatic carbocycles. The number of carbonyl (C=O) groups excluding carboxylic acids is 1. The van der Waals surface area contributed by atoms with Gasteiger partial charge in [0.1, 0.15) is 0 Å². The molecule has 21 heavy (non-hydrogen) atoms. The number of ether oxygens (including phenoxy) is 1. The second kappa shape index (κ2) is 8.65. The van der Waals surface area contributed by atoms with Gasteiger partial charge in [0.05, 0.1) is 6.61 Å². The van der Waals surface area contributed by atoms with Crippen molar-refractivity contribution in [3.05, 3.63) is 0 Å². The van der Waals surface area contributed by atoms with Crippen LogP contribution < -0.4 is 5.32 Å². The van der Waals surface area contributed by atoms with E-state index < -0.39 is 0 Å². The zero-order valence-electron chi connectivity index (χ0n) is 13.8. The van der Waals surface area contributed by atoms with Crippen LogP contribution in [0.1, 0.15) is 90.4 Å². The molecule has 2 saturated carbocycles. The average molecular weight is 295 g/mol. The van der Waals surface area contributed by atoms with Crippen molar-refractivity contribution in [1.29, 1.82) is 0 Å². The molecule has 0 aromatic rings. The Morgan fingerprint density at radius 1 is 1.10 bits per heavy atom. The maximum atomic E-state index is 11.8. The molecule has 1 N–H and O–H groups in total. The van der Waals surface area contributed by atoms with Crippen molar-refractivity contribution in [2.24, 2.45) is 5.92 Å². The maximum absolute atomic E-state index is 11.8. The molecule has 0 bridgehead atoms. The number of amides is 1. The molecule has 0 aliphatic heterocycles. The van der Waals surface area contributed by atoms with Gasteiger partial charge in [-0.3, -0.25) is 0 Å². The topological polar surface area (TPSA) is 38.3 Å². The number of nitrogens with one attached hydrogen (secondary N) is 1. The third-order valence-corrected chi connectivity index (χ3v) is 5.45. The molecule has 0 heterocycles. The fourth-order valence-corrected chi connectivity index (χ4v) is 4.25. The second-order valence-corrected chi connectivity index (χ2v) is 7.08. The van der Waals surface area contributed by atoms with Crippen molar-refractivity contribution < 1.29 is 9.53 Å². The predicted octanol–water partition coefficient (Wildman–Crippen LogP) is 5.19. The molecule has 3 heteroatoms. The number of alkyl carbamates (subject to hydrolysis) is 1. The van der Waals surface area contributed by atoms with Crippen LogP contribution in [0.5, 0.6) is 0 Å². The number of hydrogen-bond acceptors (Lipinski definition) is 2. The summed E-state index contributed by atoms with van der Waals surface area (Å²) in [6.07, 6.45) is 16.8. The van der Waals surface area contributed by atoms with Crippen LogP contribution >= 0.6 is 0 Å². The van der Waals surface area contributed by atoms with E-state index >= 15 is 0 Å². The van der Waals surface area contributed by atoms with Gasteiger partial charge in [-0.1, -0.05) is 64.2 Å². The number of carbonyl (C=O) groups is 1. The Morgan fingerprint density at radius 2 is 1.76 bits per heavy atom. The quantitative estimate of drug-likeness (QED) is 0.732.